The second kappa shape index (κ2) is 4.06. The van der Waals surface area contributed by atoms with Crippen molar-refractivity contribution in [1.82, 2.24) is 0 Å². The van der Waals surface area contributed by atoms with Gasteiger partial charge in [-0.2, -0.15) is 0 Å². The van der Waals surface area contributed by atoms with Crippen molar-refractivity contribution in [1.29, 1.82) is 0 Å². The number of hydrogen-bond acceptors (Lipinski definition) is 2. The van der Waals surface area contributed by atoms with Crippen LogP contribution in [0.2, 0.25) is 0 Å². The van der Waals surface area contributed by atoms with Gasteiger partial charge < -0.3 is 10.2 Å². The Morgan fingerprint density at radius 3 is 2.83 bits per heavy atom. The predicted molar refractivity (Wildman–Crippen MR) is 48.7 cm³/mol. The third-order valence-electron chi connectivity index (χ3n) is 2.81. The summed E-state index contributed by atoms with van der Waals surface area (Å²) in [7, 11) is 0. The fourth-order valence-electron chi connectivity index (χ4n) is 1.76. The van der Waals surface area contributed by atoms with Crippen molar-refractivity contribution in [2.24, 2.45) is 11.8 Å². The van der Waals surface area contributed by atoms with Crippen molar-refractivity contribution in [3.63, 3.8) is 0 Å². The zero-order valence-corrected chi connectivity index (χ0v) is 7.83. The predicted octanol–water partition coefficient (Wildman–Crippen LogP) is 1.33. The van der Waals surface area contributed by atoms with E-state index in [0.717, 1.165) is 6.42 Å². The Morgan fingerprint density at radius 2 is 2.25 bits per heavy atom. The SMILES string of the molecule is CC1=CC(CCO)C(O)CC1C. The monoisotopic (exact) mass is 170 g/mol. The summed E-state index contributed by atoms with van der Waals surface area (Å²) in [5, 5.41) is 18.4. The van der Waals surface area contributed by atoms with Crippen LogP contribution in [0.1, 0.15) is 26.7 Å². The molecule has 0 spiro atoms. The second-order valence-corrected chi connectivity index (χ2v) is 3.79. The highest BCUT2D eigenvalue weighted by Crippen LogP contribution is 2.29. The Bertz CT molecular complexity index is 175. The largest absolute Gasteiger partial charge is 0.396 e. The quantitative estimate of drug-likeness (QED) is 0.614. The fraction of sp³-hybridized carbons (Fsp3) is 0.800. The molecule has 0 fully saturated rings. The molecule has 0 heterocycles. The Balaban J connectivity index is 2.62. The first-order chi connectivity index (χ1) is 5.65. The molecule has 2 N–H and O–H groups in total. The molecule has 2 heteroatoms. The smallest absolute Gasteiger partial charge is 0.0609 e. The highest BCUT2D eigenvalue weighted by atomic mass is 16.3. The number of rotatable bonds is 2. The summed E-state index contributed by atoms with van der Waals surface area (Å²) >= 11 is 0. The molecule has 2 nitrogen and oxygen atoms in total. The Labute approximate surface area is 73.9 Å². The molecule has 0 aromatic rings. The minimum atomic E-state index is -0.254. The molecule has 3 atom stereocenters. The molecule has 0 bridgehead atoms. The van der Waals surface area contributed by atoms with Crippen LogP contribution in [-0.4, -0.2) is 22.9 Å². The van der Waals surface area contributed by atoms with Crippen LogP contribution in [-0.2, 0) is 0 Å². The molecular weight excluding hydrogens is 152 g/mol. The number of aliphatic hydroxyl groups is 2. The molecule has 70 valence electrons. The van der Waals surface area contributed by atoms with Gasteiger partial charge >= 0.3 is 0 Å². The molecule has 3 unspecified atom stereocenters. The lowest BCUT2D eigenvalue weighted by Crippen LogP contribution is -2.27. The van der Waals surface area contributed by atoms with Gasteiger partial charge in [0.25, 0.3) is 0 Å². The van der Waals surface area contributed by atoms with Gasteiger partial charge in [0, 0.05) is 12.5 Å². The van der Waals surface area contributed by atoms with Crippen LogP contribution in [0.25, 0.3) is 0 Å². The maximum atomic E-state index is 9.63. The van der Waals surface area contributed by atoms with Crippen molar-refractivity contribution in [2.45, 2.75) is 32.8 Å². The summed E-state index contributed by atoms with van der Waals surface area (Å²) in [6, 6.07) is 0. The van der Waals surface area contributed by atoms with Crippen molar-refractivity contribution < 1.29 is 10.2 Å². The van der Waals surface area contributed by atoms with Crippen molar-refractivity contribution in [3.05, 3.63) is 11.6 Å². The molecule has 0 aliphatic heterocycles. The van der Waals surface area contributed by atoms with Crippen LogP contribution in [0.3, 0.4) is 0 Å². The fourth-order valence-corrected chi connectivity index (χ4v) is 1.76. The molecular formula is C10H18O2. The van der Waals surface area contributed by atoms with Crippen molar-refractivity contribution in [2.75, 3.05) is 6.61 Å². The van der Waals surface area contributed by atoms with E-state index in [-0.39, 0.29) is 18.6 Å². The topological polar surface area (TPSA) is 40.5 Å². The molecule has 1 aliphatic rings. The zero-order valence-electron chi connectivity index (χ0n) is 7.83. The number of aliphatic hydroxyl groups excluding tert-OH is 2. The standard InChI is InChI=1S/C10H18O2/c1-7-5-9(3-4-11)10(12)6-8(7)2/h5,8-12H,3-4,6H2,1-2H3. The van der Waals surface area contributed by atoms with Gasteiger partial charge in [-0.3, -0.25) is 0 Å². The highest BCUT2D eigenvalue weighted by molar-refractivity contribution is 5.10. The van der Waals surface area contributed by atoms with Crippen molar-refractivity contribution >= 4 is 0 Å². The summed E-state index contributed by atoms with van der Waals surface area (Å²) in [6.45, 7) is 4.39. The van der Waals surface area contributed by atoms with Gasteiger partial charge in [-0.25, -0.2) is 0 Å². The van der Waals surface area contributed by atoms with E-state index in [4.69, 9.17) is 5.11 Å². The van der Waals surface area contributed by atoms with Gasteiger partial charge in [-0.1, -0.05) is 18.6 Å². The van der Waals surface area contributed by atoms with E-state index >= 15 is 0 Å². The normalized spacial score (nSPS) is 36.3. The molecule has 0 saturated heterocycles. The molecule has 0 radical (unpaired) electrons. The lowest BCUT2D eigenvalue weighted by atomic mass is 9.81. The van der Waals surface area contributed by atoms with Crippen LogP contribution < -0.4 is 0 Å². The molecule has 1 aliphatic carbocycles. The van der Waals surface area contributed by atoms with E-state index in [9.17, 15) is 5.11 Å². The second-order valence-electron chi connectivity index (χ2n) is 3.79. The number of allylic oxidation sites excluding steroid dienone is 1. The summed E-state index contributed by atoms with van der Waals surface area (Å²) in [5.41, 5.74) is 1.35. The van der Waals surface area contributed by atoms with E-state index in [0.29, 0.717) is 12.3 Å². The molecule has 1 rings (SSSR count). The van der Waals surface area contributed by atoms with Gasteiger partial charge in [0.05, 0.1) is 6.10 Å². The first-order valence-corrected chi connectivity index (χ1v) is 4.62. The lowest BCUT2D eigenvalue weighted by molar-refractivity contribution is 0.0858. The van der Waals surface area contributed by atoms with E-state index in [1.807, 2.05) is 0 Å². The Kier molecular flexibility index (Phi) is 3.29. The molecule has 0 aromatic heterocycles. The van der Waals surface area contributed by atoms with E-state index < -0.39 is 0 Å². The number of hydrogen-bond donors (Lipinski definition) is 2. The molecule has 0 saturated carbocycles. The van der Waals surface area contributed by atoms with Crippen molar-refractivity contribution in [3.8, 4) is 0 Å². The average molecular weight is 170 g/mol. The maximum Gasteiger partial charge on any atom is 0.0609 e. The van der Waals surface area contributed by atoms with Gasteiger partial charge in [-0.15, -0.1) is 0 Å². The van der Waals surface area contributed by atoms with E-state index in [1.165, 1.54) is 5.57 Å². The van der Waals surface area contributed by atoms with Crippen LogP contribution in [0.15, 0.2) is 11.6 Å². The Morgan fingerprint density at radius 1 is 1.58 bits per heavy atom. The highest BCUT2D eigenvalue weighted by Gasteiger charge is 2.24. The average Bonchev–Trinajstić information content (AvgIpc) is 2.01. The molecule has 0 amide bonds. The molecule has 0 aromatic carbocycles. The summed E-state index contributed by atoms with van der Waals surface area (Å²) in [5.74, 6) is 0.668. The van der Waals surface area contributed by atoms with Crippen LogP contribution in [0, 0.1) is 11.8 Å². The minimum absolute atomic E-state index is 0.167. The first kappa shape index (κ1) is 9.75. The van der Waals surface area contributed by atoms with Crippen LogP contribution >= 0.6 is 0 Å². The molecule has 12 heavy (non-hydrogen) atoms. The maximum absolute atomic E-state index is 9.63. The van der Waals surface area contributed by atoms with Gasteiger partial charge in [-0.05, 0) is 25.7 Å². The zero-order chi connectivity index (χ0) is 9.14. The van der Waals surface area contributed by atoms with E-state index in [2.05, 4.69) is 19.9 Å². The lowest BCUT2D eigenvalue weighted by Gasteiger charge is -2.29. The Hall–Kier alpha value is -0.340. The van der Waals surface area contributed by atoms with E-state index in [1.54, 1.807) is 0 Å². The first-order valence-electron chi connectivity index (χ1n) is 4.62. The van der Waals surface area contributed by atoms with Gasteiger partial charge in [0.1, 0.15) is 0 Å². The third kappa shape index (κ3) is 2.08. The van der Waals surface area contributed by atoms with Gasteiger partial charge in [0.2, 0.25) is 0 Å². The van der Waals surface area contributed by atoms with Crippen LogP contribution in [0.4, 0.5) is 0 Å². The third-order valence-corrected chi connectivity index (χ3v) is 2.81. The van der Waals surface area contributed by atoms with Crippen LogP contribution in [0.5, 0.6) is 0 Å². The minimum Gasteiger partial charge on any atom is -0.396 e. The summed E-state index contributed by atoms with van der Waals surface area (Å²) < 4.78 is 0. The van der Waals surface area contributed by atoms with Gasteiger partial charge in [0.15, 0.2) is 0 Å². The summed E-state index contributed by atoms with van der Waals surface area (Å²) in [4.78, 5) is 0. The summed E-state index contributed by atoms with van der Waals surface area (Å²) in [6.07, 6.45) is 3.38.